The van der Waals surface area contributed by atoms with Crippen LogP contribution in [0.15, 0.2) is 11.6 Å². The molecule has 0 bridgehead atoms. The maximum absolute atomic E-state index is 10.1. The van der Waals surface area contributed by atoms with Gasteiger partial charge in [-0.2, -0.15) is 0 Å². The molecule has 0 amide bonds. The number of rotatable bonds is 5. The van der Waals surface area contributed by atoms with Gasteiger partial charge in [-0.3, -0.25) is 0 Å². The van der Waals surface area contributed by atoms with E-state index in [0.717, 1.165) is 19.1 Å². The lowest BCUT2D eigenvalue weighted by molar-refractivity contribution is -0.107. The van der Waals surface area contributed by atoms with Crippen molar-refractivity contribution in [1.82, 2.24) is 0 Å². The molecular formula is C14H24O. The van der Waals surface area contributed by atoms with Crippen molar-refractivity contribution in [2.24, 2.45) is 5.41 Å². The van der Waals surface area contributed by atoms with Gasteiger partial charge in [-0.05, 0) is 50.4 Å². The minimum atomic E-state index is 0.521. The van der Waals surface area contributed by atoms with Crippen molar-refractivity contribution in [2.75, 3.05) is 0 Å². The Morgan fingerprint density at radius 3 is 2.67 bits per heavy atom. The van der Waals surface area contributed by atoms with E-state index in [1.807, 2.05) is 0 Å². The van der Waals surface area contributed by atoms with Crippen LogP contribution in [-0.4, -0.2) is 6.29 Å². The molecule has 1 nitrogen and oxygen atoms in total. The molecule has 0 aromatic rings. The summed E-state index contributed by atoms with van der Waals surface area (Å²) in [7, 11) is 0. The predicted octanol–water partition coefficient (Wildman–Crippen LogP) is 4.27. The molecule has 0 N–H and O–H groups in total. The van der Waals surface area contributed by atoms with Gasteiger partial charge in [0, 0.05) is 6.42 Å². The van der Waals surface area contributed by atoms with Crippen LogP contribution in [-0.2, 0) is 4.79 Å². The van der Waals surface area contributed by atoms with E-state index in [1.165, 1.54) is 38.5 Å². The summed E-state index contributed by atoms with van der Waals surface area (Å²) in [5, 5.41) is 0. The van der Waals surface area contributed by atoms with Crippen LogP contribution in [0.25, 0.3) is 0 Å². The van der Waals surface area contributed by atoms with Crippen molar-refractivity contribution in [1.29, 1.82) is 0 Å². The van der Waals surface area contributed by atoms with E-state index < -0.39 is 0 Å². The molecule has 0 unspecified atom stereocenters. The smallest absolute Gasteiger partial charge is 0.119 e. The van der Waals surface area contributed by atoms with Crippen molar-refractivity contribution in [3.05, 3.63) is 11.6 Å². The van der Waals surface area contributed by atoms with Crippen LogP contribution in [0.2, 0.25) is 0 Å². The summed E-state index contributed by atoms with van der Waals surface area (Å²) in [5.74, 6) is 0. The molecule has 0 aromatic heterocycles. The Morgan fingerprint density at radius 2 is 2.00 bits per heavy atom. The molecule has 1 fully saturated rings. The van der Waals surface area contributed by atoms with E-state index in [2.05, 4.69) is 19.9 Å². The molecular weight excluding hydrogens is 184 g/mol. The molecule has 0 radical (unpaired) electrons. The number of carbonyl (C=O) groups excluding carboxylic acids is 1. The quantitative estimate of drug-likeness (QED) is 0.374. The first-order valence-electron chi connectivity index (χ1n) is 6.26. The highest BCUT2D eigenvalue weighted by Crippen LogP contribution is 2.38. The fraction of sp³-hybridized carbons (Fsp3) is 0.786. The van der Waals surface area contributed by atoms with Crippen molar-refractivity contribution in [3.63, 3.8) is 0 Å². The Labute approximate surface area is 93.9 Å². The summed E-state index contributed by atoms with van der Waals surface area (Å²) in [6, 6.07) is 0. The number of hydrogen-bond acceptors (Lipinski definition) is 1. The van der Waals surface area contributed by atoms with Gasteiger partial charge in [-0.1, -0.05) is 25.5 Å². The zero-order valence-corrected chi connectivity index (χ0v) is 10.2. The first-order chi connectivity index (χ1) is 7.14. The second-order valence-electron chi connectivity index (χ2n) is 5.51. The minimum absolute atomic E-state index is 0.521. The largest absolute Gasteiger partial charge is 0.303 e. The lowest BCUT2D eigenvalue weighted by atomic mass is 9.75. The SMILES string of the molecule is CC1(C)CCCC(=CCCCCC=O)C1. The fourth-order valence-corrected chi connectivity index (χ4v) is 2.44. The highest BCUT2D eigenvalue weighted by molar-refractivity contribution is 5.48. The minimum Gasteiger partial charge on any atom is -0.303 e. The third-order valence-electron chi connectivity index (χ3n) is 3.27. The summed E-state index contributed by atoms with van der Waals surface area (Å²) in [6.07, 6.45) is 12.9. The van der Waals surface area contributed by atoms with Crippen LogP contribution in [0, 0.1) is 5.41 Å². The van der Waals surface area contributed by atoms with E-state index >= 15 is 0 Å². The van der Waals surface area contributed by atoms with E-state index in [4.69, 9.17) is 0 Å². The van der Waals surface area contributed by atoms with Crippen LogP contribution in [0.1, 0.15) is 65.2 Å². The van der Waals surface area contributed by atoms with Crippen LogP contribution in [0.4, 0.5) is 0 Å². The third-order valence-corrected chi connectivity index (χ3v) is 3.27. The number of allylic oxidation sites excluding steroid dienone is 2. The Hall–Kier alpha value is -0.590. The van der Waals surface area contributed by atoms with Gasteiger partial charge < -0.3 is 4.79 Å². The lowest BCUT2D eigenvalue weighted by Gasteiger charge is -2.31. The molecule has 86 valence electrons. The van der Waals surface area contributed by atoms with Gasteiger partial charge in [0.15, 0.2) is 0 Å². The zero-order valence-electron chi connectivity index (χ0n) is 10.2. The highest BCUT2D eigenvalue weighted by atomic mass is 16.1. The molecule has 1 aliphatic carbocycles. The second-order valence-corrected chi connectivity index (χ2v) is 5.51. The zero-order chi connectivity index (χ0) is 11.1. The van der Waals surface area contributed by atoms with E-state index in [1.54, 1.807) is 5.57 Å². The average molecular weight is 208 g/mol. The average Bonchev–Trinajstić information content (AvgIpc) is 2.16. The normalized spacial score (nSPS) is 22.9. The van der Waals surface area contributed by atoms with Gasteiger partial charge in [0.25, 0.3) is 0 Å². The summed E-state index contributed by atoms with van der Waals surface area (Å²) in [4.78, 5) is 10.1. The Balaban J connectivity index is 2.23. The summed E-state index contributed by atoms with van der Waals surface area (Å²) < 4.78 is 0. The summed E-state index contributed by atoms with van der Waals surface area (Å²) in [5.41, 5.74) is 2.17. The molecule has 0 heterocycles. The standard InChI is InChI=1S/C14H24O/c1-14(2)10-7-9-13(12-14)8-5-3-4-6-11-15/h8,11H,3-7,9-10,12H2,1-2H3. The first-order valence-corrected chi connectivity index (χ1v) is 6.26. The van der Waals surface area contributed by atoms with E-state index in [0.29, 0.717) is 5.41 Å². The van der Waals surface area contributed by atoms with Crippen LogP contribution in [0.5, 0.6) is 0 Å². The second kappa shape index (κ2) is 6.09. The van der Waals surface area contributed by atoms with Gasteiger partial charge >= 0.3 is 0 Å². The maximum Gasteiger partial charge on any atom is 0.119 e. The topological polar surface area (TPSA) is 17.1 Å². The molecule has 0 saturated heterocycles. The predicted molar refractivity (Wildman–Crippen MR) is 64.9 cm³/mol. The number of aldehydes is 1. The van der Waals surface area contributed by atoms with Gasteiger partial charge in [0.2, 0.25) is 0 Å². The maximum atomic E-state index is 10.1. The number of carbonyl (C=O) groups is 1. The molecule has 15 heavy (non-hydrogen) atoms. The highest BCUT2D eigenvalue weighted by Gasteiger charge is 2.23. The molecule has 1 rings (SSSR count). The summed E-state index contributed by atoms with van der Waals surface area (Å²) in [6.45, 7) is 4.73. The van der Waals surface area contributed by atoms with Crippen LogP contribution >= 0.6 is 0 Å². The molecule has 0 spiro atoms. The fourth-order valence-electron chi connectivity index (χ4n) is 2.44. The van der Waals surface area contributed by atoms with Crippen molar-refractivity contribution >= 4 is 6.29 Å². The molecule has 0 atom stereocenters. The number of unbranched alkanes of at least 4 members (excludes halogenated alkanes) is 3. The van der Waals surface area contributed by atoms with Crippen LogP contribution in [0.3, 0.4) is 0 Å². The Morgan fingerprint density at radius 1 is 1.27 bits per heavy atom. The van der Waals surface area contributed by atoms with Gasteiger partial charge in [-0.25, -0.2) is 0 Å². The molecule has 0 aromatic carbocycles. The molecule has 1 aliphatic rings. The third kappa shape index (κ3) is 5.15. The molecule has 1 saturated carbocycles. The summed E-state index contributed by atoms with van der Waals surface area (Å²) >= 11 is 0. The van der Waals surface area contributed by atoms with Crippen molar-refractivity contribution < 1.29 is 4.79 Å². The number of hydrogen-bond donors (Lipinski definition) is 0. The van der Waals surface area contributed by atoms with Crippen LogP contribution < -0.4 is 0 Å². The first kappa shape index (κ1) is 12.5. The van der Waals surface area contributed by atoms with Gasteiger partial charge in [-0.15, -0.1) is 0 Å². The molecule has 0 aliphatic heterocycles. The van der Waals surface area contributed by atoms with Crippen molar-refractivity contribution in [3.8, 4) is 0 Å². The lowest BCUT2D eigenvalue weighted by Crippen LogP contribution is -2.16. The van der Waals surface area contributed by atoms with Crippen molar-refractivity contribution in [2.45, 2.75) is 65.2 Å². The molecule has 1 heteroatoms. The van der Waals surface area contributed by atoms with Gasteiger partial charge in [0.05, 0.1) is 0 Å². The Kier molecular flexibility index (Phi) is 5.07. The van der Waals surface area contributed by atoms with Gasteiger partial charge in [0.1, 0.15) is 6.29 Å². The Bertz CT molecular complexity index is 225. The van der Waals surface area contributed by atoms with E-state index in [-0.39, 0.29) is 0 Å². The van der Waals surface area contributed by atoms with E-state index in [9.17, 15) is 4.79 Å². The monoisotopic (exact) mass is 208 g/mol.